The number of carbonyl (C=O) groups excluding carboxylic acids is 3. The van der Waals surface area contributed by atoms with Gasteiger partial charge in [0.25, 0.3) is 0 Å². The van der Waals surface area contributed by atoms with E-state index in [1.807, 2.05) is 30.3 Å². The summed E-state index contributed by atoms with van der Waals surface area (Å²) in [5, 5.41) is 3.66. The molecule has 3 aromatic rings. The van der Waals surface area contributed by atoms with Gasteiger partial charge in [-0.1, -0.05) is 30.3 Å². The topological polar surface area (TPSA) is 124 Å². The number of esters is 1. The van der Waals surface area contributed by atoms with E-state index in [2.05, 4.69) is 5.32 Å². The number of furan rings is 1. The molecule has 0 bridgehead atoms. The average molecular weight is 594 g/mol. The van der Waals surface area contributed by atoms with Gasteiger partial charge in [0.2, 0.25) is 17.6 Å². The fraction of sp³-hybridized carbons (Fsp3) is 0.485. The molecule has 1 aliphatic heterocycles. The highest BCUT2D eigenvalue weighted by Gasteiger charge is 2.44. The van der Waals surface area contributed by atoms with Crippen molar-refractivity contribution in [2.45, 2.75) is 56.5 Å². The third-order valence-corrected chi connectivity index (χ3v) is 8.79. The molecular formula is C33H40FN3O6. The summed E-state index contributed by atoms with van der Waals surface area (Å²) < 4.78 is 29.0. The van der Waals surface area contributed by atoms with Crippen LogP contribution in [0.5, 0.6) is 0 Å². The zero-order valence-corrected chi connectivity index (χ0v) is 24.5. The summed E-state index contributed by atoms with van der Waals surface area (Å²) in [7, 11) is 1.58. The highest BCUT2D eigenvalue weighted by Crippen LogP contribution is 2.38. The number of likely N-dealkylation sites (tertiary alicyclic amines) is 1. The van der Waals surface area contributed by atoms with E-state index >= 15 is 0 Å². The van der Waals surface area contributed by atoms with Gasteiger partial charge in [0, 0.05) is 55.6 Å². The van der Waals surface area contributed by atoms with Crippen LogP contribution in [-0.2, 0) is 19.1 Å². The van der Waals surface area contributed by atoms with Crippen molar-refractivity contribution in [2.24, 2.45) is 17.6 Å². The normalized spacial score (nSPS) is 22.8. The third-order valence-electron chi connectivity index (χ3n) is 8.79. The molecule has 2 fully saturated rings. The highest BCUT2D eigenvalue weighted by atomic mass is 19.1. The maximum Gasteiger partial charge on any atom is 0.374 e. The van der Waals surface area contributed by atoms with Crippen LogP contribution >= 0.6 is 0 Å². The molecule has 2 aromatic carbocycles. The van der Waals surface area contributed by atoms with E-state index in [-0.39, 0.29) is 41.9 Å². The monoisotopic (exact) mass is 593 g/mol. The van der Waals surface area contributed by atoms with Crippen LogP contribution in [-0.4, -0.2) is 68.3 Å². The van der Waals surface area contributed by atoms with Crippen LogP contribution < -0.4 is 11.1 Å². The number of nitrogens with two attached hydrogens (primary N) is 1. The van der Waals surface area contributed by atoms with Crippen molar-refractivity contribution < 1.29 is 32.7 Å². The lowest BCUT2D eigenvalue weighted by Crippen LogP contribution is -2.48. The Kier molecular flexibility index (Phi) is 10.1. The first-order valence-corrected chi connectivity index (χ1v) is 15.1. The zero-order valence-electron chi connectivity index (χ0n) is 24.5. The van der Waals surface area contributed by atoms with E-state index in [0.717, 1.165) is 5.56 Å². The first kappa shape index (κ1) is 30.7. The molecule has 1 saturated heterocycles. The highest BCUT2D eigenvalue weighted by molar-refractivity contribution is 6.00. The molecule has 43 heavy (non-hydrogen) atoms. The first-order valence-electron chi connectivity index (χ1n) is 15.1. The molecule has 1 aliphatic carbocycles. The molecule has 10 heteroatoms. The van der Waals surface area contributed by atoms with Crippen molar-refractivity contribution in [3.8, 4) is 0 Å². The van der Waals surface area contributed by atoms with Gasteiger partial charge in [-0.25, -0.2) is 9.18 Å². The van der Waals surface area contributed by atoms with Crippen LogP contribution in [0, 0.1) is 11.8 Å². The van der Waals surface area contributed by atoms with Gasteiger partial charge in [0.15, 0.2) is 0 Å². The molecule has 230 valence electrons. The number of amides is 2. The molecule has 3 atom stereocenters. The van der Waals surface area contributed by atoms with Gasteiger partial charge in [-0.05, 0) is 67.9 Å². The second-order valence-corrected chi connectivity index (χ2v) is 11.5. The van der Waals surface area contributed by atoms with Gasteiger partial charge in [-0.3, -0.25) is 9.59 Å². The van der Waals surface area contributed by atoms with E-state index in [4.69, 9.17) is 19.6 Å². The van der Waals surface area contributed by atoms with E-state index in [1.54, 1.807) is 36.3 Å². The Morgan fingerprint density at radius 2 is 1.81 bits per heavy atom. The molecule has 0 radical (unpaired) electrons. The van der Waals surface area contributed by atoms with Gasteiger partial charge >= 0.3 is 5.97 Å². The standard InChI is InChI=1S/C33H40FN3O6/c1-41-16-5-17-42-33(40)29-19-24-18-25(12-13-28(24)43-29)36-31(38)30-26(21-6-3-2-4-7-21)14-15-37(30)32(39)23-10-8-22(9-11-23)27(35)20-34/h2-4,6-7,12-13,18-19,22-23,26-27,30H,5,8-11,14-17,20,35H2,1H3,(H,36,38)/t22?,23?,26-,27+,30-/m0/s1. The SMILES string of the molecule is COCCCOC(=O)c1cc2cc(NC(=O)[C@@H]3[C@H](c4ccccc4)CCN3C(=O)C3CCC([C@H](N)CF)CC3)ccc2o1. The van der Waals surface area contributed by atoms with Crippen molar-refractivity contribution in [3.63, 3.8) is 0 Å². The summed E-state index contributed by atoms with van der Waals surface area (Å²) in [5.74, 6) is -1.06. The Bertz CT molecular complexity index is 1400. The molecule has 3 N–H and O–H groups in total. The number of hydrogen-bond donors (Lipinski definition) is 2. The largest absolute Gasteiger partial charge is 0.460 e. The molecule has 5 rings (SSSR count). The predicted octanol–water partition coefficient (Wildman–Crippen LogP) is 5.05. The van der Waals surface area contributed by atoms with Gasteiger partial charge in [0.05, 0.1) is 6.61 Å². The second-order valence-electron chi connectivity index (χ2n) is 11.5. The summed E-state index contributed by atoms with van der Waals surface area (Å²) in [6, 6.07) is 15.4. The Labute approximate surface area is 250 Å². The van der Waals surface area contributed by atoms with Gasteiger partial charge in [0.1, 0.15) is 18.3 Å². The Morgan fingerprint density at radius 3 is 2.53 bits per heavy atom. The Hall–Kier alpha value is -3.76. The molecule has 0 unspecified atom stereocenters. The molecule has 2 heterocycles. The molecule has 1 aromatic heterocycles. The van der Waals surface area contributed by atoms with Crippen LogP contribution in [0.1, 0.15) is 60.6 Å². The van der Waals surface area contributed by atoms with E-state index in [0.29, 0.717) is 68.3 Å². The fourth-order valence-electron chi connectivity index (χ4n) is 6.45. The number of carbonyl (C=O) groups is 3. The van der Waals surface area contributed by atoms with Crippen LogP contribution in [0.4, 0.5) is 10.1 Å². The van der Waals surface area contributed by atoms with E-state index < -0.39 is 24.7 Å². The van der Waals surface area contributed by atoms with Crippen LogP contribution in [0.3, 0.4) is 0 Å². The maximum atomic E-state index is 13.9. The van der Waals surface area contributed by atoms with Crippen molar-refractivity contribution in [1.29, 1.82) is 0 Å². The smallest absolute Gasteiger partial charge is 0.374 e. The first-order chi connectivity index (χ1) is 20.9. The Morgan fingerprint density at radius 1 is 1.05 bits per heavy atom. The van der Waals surface area contributed by atoms with Gasteiger partial charge < -0.3 is 29.8 Å². The van der Waals surface area contributed by atoms with Crippen LogP contribution in [0.2, 0.25) is 0 Å². The number of rotatable bonds is 11. The van der Waals surface area contributed by atoms with Crippen LogP contribution in [0.25, 0.3) is 11.0 Å². The minimum atomic E-state index is -0.682. The maximum absolute atomic E-state index is 13.9. The van der Waals surface area contributed by atoms with Gasteiger partial charge in [-0.15, -0.1) is 0 Å². The molecule has 1 saturated carbocycles. The molecule has 2 aliphatic rings. The second kappa shape index (κ2) is 14.1. The Balaban J connectivity index is 1.31. The minimum absolute atomic E-state index is 0.0233. The molecule has 9 nitrogen and oxygen atoms in total. The average Bonchev–Trinajstić information content (AvgIpc) is 3.68. The summed E-state index contributed by atoms with van der Waals surface area (Å²) in [6.45, 7) is 0.636. The van der Waals surface area contributed by atoms with Crippen molar-refractivity contribution >= 4 is 34.4 Å². The van der Waals surface area contributed by atoms with Crippen LogP contribution in [0.15, 0.2) is 59.0 Å². The van der Waals surface area contributed by atoms with Crippen molar-refractivity contribution in [3.05, 3.63) is 65.9 Å². The quantitative estimate of drug-likeness (QED) is 0.235. The van der Waals surface area contributed by atoms with E-state index in [1.165, 1.54) is 0 Å². The molecule has 2 amide bonds. The summed E-state index contributed by atoms with van der Waals surface area (Å²) in [4.78, 5) is 41.9. The lowest BCUT2D eigenvalue weighted by atomic mass is 9.78. The minimum Gasteiger partial charge on any atom is -0.460 e. The summed E-state index contributed by atoms with van der Waals surface area (Å²) in [6.07, 6.45) is 3.96. The number of fused-ring (bicyclic) bond motifs is 1. The number of ether oxygens (including phenoxy) is 2. The number of anilines is 1. The molecule has 0 spiro atoms. The zero-order chi connectivity index (χ0) is 30.3. The van der Waals surface area contributed by atoms with E-state index in [9.17, 15) is 18.8 Å². The molecular weight excluding hydrogens is 553 g/mol. The summed E-state index contributed by atoms with van der Waals surface area (Å²) in [5.41, 5.74) is 7.96. The fourth-order valence-corrected chi connectivity index (χ4v) is 6.45. The number of hydrogen-bond acceptors (Lipinski definition) is 7. The van der Waals surface area contributed by atoms with Gasteiger partial charge in [-0.2, -0.15) is 0 Å². The lowest BCUT2D eigenvalue weighted by Gasteiger charge is -2.35. The number of halogens is 1. The lowest BCUT2D eigenvalue weighted by molar-refractivity contribution is -0.141. The number of nitrogens with zero attached hydrogens (tertiary/aromatic N) is 1. The predicted molar refractivity (Wildman–Crippen MR) is 160 cm³/mol. The van der Waals surface area contributed by atoms with Crippen molar-refractivity contribution in [2.75, 3.05) is 38.9 Å². The summed E-state index contributed by atoms with van der Waals surface area (Å²) >= 11 is 0. The number of methoxy groups -OCH3 is 1. The number of benzene rings is 2. The van der Waals surface area contributed by atoms with Crippen molar-refractivity contribution in [1.82, 2.24) is 4.90 Å². The number of alkyl halides is 1. The third kappa shape index (κ3) is 7.08. The number of nitrogens with one attached hydrogen (secondary N) is 1.